The van der Waals surface area contributed by atoms with Crippen molar-refractivity contribution in [3.63, 3.8) is 0 Å². The maximum absolute atomic E-state index is 13.3. The Kier molecular flexibility index (Phi) is 7.44. The highest BCUT2D eigenvalue weighted by Gasteiger charge is 2.28. The SMILES string of the molecule is CC(C)(C)C(=O)n1nc(-c2cc(-c3ccccc3)cn(CC=O)c2=O)cc1SCc1ccc(Cl)s1. The zero-order valence-corrected chi connectivity index (χ0v) is 21.9. The van der Waals surface area contributed by atoms with Crippen LogP contribution in [0.25, 0.3) is 22.4 Å². The van der Waals surface area contributed by atoms with Crippen LogP contribution in [0.4, 0.5) is 0 Å². The Labute approximate surface area is 216 Å². The fourth-order valence-electron chi connectivity index (χ4n) is 3.46. The number of hydrogen-bond acceptors (Lipinski definition) is 6. The normalized spacial score (nSPS) is 11.5. The van der Waals surface area contributed by atoms with E-state index in [1.165, 1.54) is 32.3 Å². The number of pyridine rings is 1. The van der Waals surface area contributed by atoms with Gasteiger partial charge in [-0.25, -0.2) is 0 Å². The average molecular weight is 526 g/mol. The minimum absolute atomic E-state index is 0.0745. The lowest BCUT2D eigenvalue weighted by Gasteiger charge is -2.17. The second-order valence-electron chi connectivity index (χ2n) is 8.96. The Bertz CT molecular complexity index is 1430. The van der Waals surface area contributed by atoms with Gasteiger partial charge in [-0.2, -0.15) is 9.78 Å². The lowest BCUT2D eigenvalue weighted by atomic mass is 9.96. The van der Waals surface area contributed by atoms with Crippen molar-refractivity contribution in [2.45, 2.75) is 38.1 Å². The lowest BCUT2D eigenvalue weighted by Crippen LogP contribution is -2.28. The molecule has 3 aromatic heterocycles. The first-order valence-electron chi connectivity index (χ1n) is 10.9. The van der Waals surface area contributed by atoms with Gasteiger partial charge in [0.2, 0.25) is 0 Å². The number of carbonyl (C=O) groups is 2. The van der Waals surface area contributed by atoms with Crippen LogP contribution < -0.4 is 5.56 Å². The molecule has 0 radical (unpaired) electrons. The number of benzene rings is 1. The molecule has 0 saturated carbocycles. The molecule has 0 unspecified atom stereocenters. The van der Waals surface area contributed by atoms with Gasteiger partial charge in [-0.1, -0.05) is 62.7 Å². The van der Waals surface area contributed by atoms with E-state index < -0.39 is 5.41 Å². The summed E-state index contributed by atoms with van der Waals surface area (Å²) in [5.41, 5.74) is 1.38. The van der Waals surface area contributed by atoms with Crippen molar-refractivity contribution >= 4 is 46.9 Å². The first kappa shape index (κ1) is 25.2. The molecule has 0 fully saturated rings. The Morgan fingerprint density at radius 3 is 2.49 bits per heavy atom. The number of carbonyl (C=O) groups excluding carboxylic acids is 2. The Morgan fingerprint density at radius 1 is 1.11 bits per heavy atom. The van der Waals surface area contributed by atoms with Gasteiger partial charge in [-0.05, 0) is 35.4 Å². The number of aromatic nitrogens is 3. The van der Waals surface area contributed by atoms with E-state index in [4.69, 9.17) is 11.6 Å². The fraction of sp³-hybridized carbons (Fsp3) is 0.231. The lowest BCUT2D eigenvalue weighted by molar-refractivity contribution is -0.108. The summed E-state index contributed by atoms with van der Waals surface area (Å²) in [5, 5.41) is 5.22. The number of rotatable bonds is 7. The highest BCUT2D eigenvalue weighted by Crippen LogP contribution is 2.33. The van der Waals surface area contributed by atoms with E-state index in [9.17, 15) is 14.4 Å². The maximum Gasteiger partial charge on any atom is 0.260 e. The summed E-state index contributed by atoms with van der Waals surface area (Å²) in [5.74, 6) is 0.433. The van der Waals surface area contributed by atoms with Crippen LogP contribution in [0.1, 0.15) is 30.4 Å². The van der Waals surface area contributed by atoms with Crippen molar-refractivity contribution < 1.29 is 9.59 Å². The topological polar surface area (TPSA) is 74.0 Å². The molecule has 0 saturated heterocycles. The molecule has 0 bridgehead atoms. The number of halogens is 1. The number of nitrogens with zero attached hydrogens (tertiary/aromatic N) is 3. The van der Waals surface area contributed by atoms with Crippen LogP contribution in [-0.2, 0) is 17.1 Å². The van der Waals surface area contributed by atoms with Gasteiger partial charge in [-0.15, -0.1) is 23.1 Å². The third kappa shape index (κ3) is 5.66. The first-order chi connectivity index (χ1) is 16.7. The second kappa shape index (κ2) is 10.4. The summed E-state index contributed by atoms with van der Waals surface area (Å²) in [6.45, 7) is 5.42. The van der Waals surface area contributed by atoms with Crippen molar-refractivity contribution in [1.82, 2.24) is 14.3 Å². The largest absolute Gasteiger partial charge is 0.307 e. The summed E-state index contributed by atoms with van der Waals surface area (Å²) >= 11 is 9.01. The van der Waals surface area contributed by atoms with Crippen molar-refractivity contribution in [2.24, 2.45) is 5.41 Å². The van der Waals surface area contributed by atoms with Gasteiger partial charge in [0.1, 0.15) is 11.3 Å². The van der Waals surface area contributed by atoms with Crippen LogP contribution in [0, 0.1) is 5.41 Å². The molecular weight excluding hydrogens is 502 g/mol. The van der Waals surface area contributed by atoms with E-state index in [1.54, 1.807) is 18.3 Å². The predicted octanol–water partition coefficient (Wildman–Crippen LogP) is 6.27. The molecule has 0 aliphatic rings. The van der Waals surface area contributed by atoms with E-state index in [-0.39, 0.29) is 18.0 Å². The van der Waals surface area contributed by atoms with Gasteiger partial charge in [0.15, 0.2) is 0 Å². The van der Waals surface area contributed by atoms with E-state index >= 15 is 0 Å². The first-order valence-corrected chi connectivity index (χ1v) is 13.1. The Balaban J connectivity index is 1.83. The van der Waals surface area contributed by atoms with Crippen LogP contribution >= 0.6 is 34.7 Å². The van der Waals surface area contributed by atoms with Gasteiger partial charge >= 0.3 is 0 Å². The van der Waals surface area contributed by atoms with Crippen molar-refractivity contribution in [2.75, 3.05) is 0 Å². The zero-order valence-electron chi connectivity index (χ0n) is 19.5. The molecule has 1 aromatic carbocycles. The Morgan fingerprint density at radius 2 is 1.86 bits per heavy atom. The zero-order chi connectivity index (χ0) is 25.2. The molecular formula is C26H24ClN3O3S2. The van der Waals surface area contributed by atoms with Gasteiger partial charge in [-0.3, -0.25) is 9.59 Å². The summed E-state index contributed by atoms with van der Waals surface area (Å²) in [6, 6.07) is 16.9. The molecule has 0 amide bonds. The van der Waals surface area contributed by atoms with E-state index in [0.29, 0.717) is 32.7 Å². The van der Waals surface area contributed by atoms with Gasteiger partial charge in [0.25, 0.3) is 11.5 Å². The Hall–Kier alpha value is -2.94. The van der Waals surface area contributed by atoms with Crippen LogP contribution in [-0.4, -0.2) is 26.5 Å². The standard InChI is InChI=1S/C26H24ClN3O3S2/c1-26(2,3)25(33)30-23(34-16-19-9-10-22(27)35-19)14-21(28-30)20-13-18(17-7-5-4-6-8-17)15-29(11-12-31)24(20)32/h4-10,12-15H,11,16H2,1-3H3. The van der Waals surface area contributed by atoms with E-state index in [1.807, 2.05) is 63.2 Å². The van der Waals surface area contributed by atoms with E-state index in [0.717, 1.165) is 16.0 Å². The van der Waals surface area contributed by atoms with E-state index in [2.05, 4.69) is 5.10 Å². The summed E-state index contributed by atoms with van der Waals surface area (Å²) in [6.07, 6.45) is 2.36. The quantitative estimate of drug-likeness (QED) is 0.210. The highest BCUT2D eigenvalue weighted by molar-refractivity contribution is 7.98. The monoisotopic (exact) mass is 525 g/mol. The summed E-state index contributed by atoms with van der Waals surface area (Å²) < 4.78 is 3.46. The summed E-state index contributed by atoms with van der Waals surface area (Å²) in [7, 11) is 0. The number of thiophene rings is 1. The van der Waals surface area contributed by atoms with Crippen LogP contribution in [0.15, 0.2) is 70.6 Å². The predicted molar refractivity (Wildman–Crippen MR) is 142 cm³/mol. The third-order valence-electron chi connectivity index (χ3n) is 5.24. The fourth-order valence-corrected chi connectivity index (χ4v) is 5.58. The minimum Gasteiger partial charge on any atom is -0.307 e. The number of aldehydes is 1. The molecule has 6 nitrogen and oxygen atoms in total. The van der Waals surface area contributed by atoms with Gasteiger partial charge in [0.05, 0.1) is 22.1 Å². The molecule has 0 aliphatic carbocycles. The van der Waals surface area contributed by atoms with Gasteiger partial charge < -0.3 is 9.36 Å². The number of hydrogen-bond donors (Lipinski definition) is 0. The molecule has 9 heteroatoms. The third-order valence-corrected chi connectivity index (χ3v) is 7.70. The molecule has 0 N–H and O–H groups in total. The minimum atomic E-state index is -0.672. The highest BCUT2D eigenvalue weighted by atomic mass is 35.5. The molecule has 0 atom stereocenters. The van der Waals surface area contributed by atoms with Crippen molar-refractivity contribution in [3.05, 3.63) is 80.4 Å². The molecule has 0 aliphatic heterocycles. The van der Waals surface area contributed by atoms with Gasteiger partial charge in [0, 0.05) is 22.2 Å². The second-order valence-corrected chi connectivity index (χ2v) is 11.8. The smallest absolute Gasteiger partial charge is 0.260 e. The van der Waals surface area contributed by atoms with Crippen molar-refractivity contribution in [3.8, 4) is 22.4 Å². The van der Waals surface area contributed by atoms with Crippen LogP contribution in [0.3, 0.4) is 0 Å². The van der Waals surface area contributed by atoms with Crippen LogP contribution in [0.5, 0.6) is 0 Å². The number of thioether (sulfide) groups is 1. The maximum atomic E-state index is 13.3. The van der Waals surface area contributed by atoms with Crippen LogP contribution in [0.2, 0.25) is 4.34 Å². The molecule has 3 heterocycles. The molecule has 180 valence electrons. The molecule has 4 rings (SSSR count). The molecule has 0 spiro atoms. The van der Waals surface area contributed by atoms with Crippen molar-refractivity contribution in [1.29, 1.82) is 0 Å². The molecule has 35 heavy (non-hydrogen) atoms. The average Bonchev–Trinajstić information content (AvgIpc) is 3.44. The summed E-state index contributed by atoms with van der Waals surface area (Å²) in [4.78, 5) is 38.8. The molecule has 4 aromatic rings.